The van der Waals surface area contributed by atoms with Crippen molar-refractivity contribution in [2.45, 2.75) is 19.4 Å². The van der Waals surface area contributed by atoms with E-state index in [0.29, 0.717) is 21.5 Å². The van der Waals surface area contributed by atoms with Crippen LogP contribution < -0.4 is 14.4 Å². The number of carbonyl (C=O) groups is 1. The van der Waals surface area contributed by atoms with Gasteiger partial charge in [0.1, 0.15) is 16.0 Å². The second kappa shape index (κ2) is 6.24. The van der Waals surface area contributed by atoms with Gasteiger partial charge in [-0.05, 0) is 53.0 Å². The third kappa shape index (κ3) is 2.70. The molecule has 1 heterocycles. The van der Waals surface area contributed by atoms with E-state index in [9.17, 15) is 4.79 Å². The number of carbonyl (C=O) groups excluding carboxylic acids is 1. The van der Waals surface area contributed by atoms with E-state index in [4.69, 9.17) is 9.47 Å². The van der Waals surface area contributed by atoms with Crippen LogP contribution in [0.4, 0.5) is 5.69 Å². The van der Waals surface area contributed by atoms with Crippen LogP contribution >= 0.6 is 15.9 Å². The van der Waals surface area contributed by atoms with Gasteiger partial charge in [-0.3, -0.25) is 4.79 Å². The van der Waals surface area contributed by atoms with E-state index in [-0.39, 0.29) is 11.9 Å². The van der Waals surface area contributed by atoms with Crippen molar-refractivity contribution in [1.29, 1.82) is 0 Å². The first-order chi connectivity index (χ1) is 11.1. The van der Waals surface area contributed by atoms with Gasteiger partial charge in [0, 0.05) is 17.3 Å². The smallest absolute Gasteiger partial charge is 0.258 e. The molecule has 0 aromatic heterocycles. The Morgan fingerprint density at radius 1 is 1.17 bits per heavy atom. The number of benzene rings is 2. The molecule has 4 nitrogen and oxygen atoms in total. The van der Waals surface area contributed by atoms with Crippen molar-refractivity contribution in [2.75, 3.05) is 19.1 Å². The van der Waals surface area contributed by atoms with Crippen molar-refractivity contribution < 1.29 is 14.3 Å². The second-order valence-corrected chi connectivity index (χ2v) is 6.34. The van der Waals surface area contributed by atoms with Gasteiger partial charge in [0.15, 0.2) is 0 Å². The van der Waals surface area contributed by atoms with Crippen molar-refractivity contribution in [3.05, 3.63) is 52.0 Å². The molecule has 120 valence electrons. The Kier molecular flexibility index (Phi) is 4.31. The van der Waals surface area contributed by atoms with E-state index >= 15 is 0 Å². The molecular weight excluding hydrogens is 358 g/mol. The molecule has 0 fully saturated rings. The maximum atomic E-state index is 13.1. The fourth-order valence-electron chi connectivity index (χ4n) is 3.01. The highest BCUT2D eigenvalue weighted by Crippen LogP contribution is 2.38. The average molecular weight is 376 g/mol. The highest BCUT2D eigenvalue weighted by molar-refractivity contribution is 9.10. The molecular formula is C18H18BrNO3. The topological polar surface area (TPSA) is 38.8 Å². The Balaban J connectivity index is 2.04. The summed E-state index contributed by atoms with van der Waals surface area (Å²) in [6.45, 7) is 2.06. The summed E-state index contributed by atoms with van der Waals surface area (Å²) in [7, 11) is 3.14. The van der Waals surface area contributed by atoms with Gasteiger partial charge in [0.05, 0.1) is 14.2 Å². The summed E-state index contributed by atoms with van der Waals surface area (Å²) in [6, 6.07) is 11.6. The lowest BCUT2D eigenvalue weighted by molar-refractivity contribution is 0.0980. The van der Waals surface area contributed by atoms with Crippen molar-refractivity contribution in [2.24, 2.45) is 0 Å². The molecule has 0 bridgehead atoms. The number of rotatable bonds is 3. The molecule has 2 aromatic carbocycles. The normalized spacial score (nSPS) is 16.2. The number of amides is 1. The predicted molar refractivity (Wildman–Crippen MR) is 93.7 cm³/mol. The van der Waals surface area contributed by atoms with Crippen molar-refractivity contribution in [3.8, 4) is 11.5 Å². The average Bonchev–Trinajstić information content (AvgIpc) is 2.90. The molecule has 0 saturated carbocycles. The lowest BCUT2D eigenvalue weighted by atomic mass is 10.1. The number of anilines is 1. The van der Waals surface area contributed by atoms with E-state index < -0.39 is 0 Å². The van der Waals surface area contributed by atoms with Gasteiger partial charge in [0.2, 0.25) is 0 Å². The van der Waals surface area contributed by atoms with Gasteiger partial charge in [-0.2, -0.15) is 0 Å². The van der Waals surface area contributed by atoms with E-state index in [1.807, 2.05) is 23.1 Å². The van der Waals surface area contributed by atoms with Gasteiger partial charge in [-0.15, -0.1) is 0 Å². The number of hydrogen-bond acceptors (Lipinski definition) is 3. The Labute approximate surface area is 144 Å². The van der Waals surface area contributed by atoms with Crippen molar-refractivity contribution >= 4 is 27.5 Å². The maximum absolute atomic E-state index is 13.1. The Hall–Kier alpha value is -2.01. The molecule has 0 saturated heterocycles. The summed E-state index contributed by atoms with van der Waals surface area (Å²) in [4.78, 5) is 14.9. The summed E-state index contributed by atoms with van der Waals surface area (Å²) < 4.78 is 11.4. The molecule has 0 radical (unpaired) electrons. The van der Waals surface area contributed by atoms with Crippen LogP contribution in [0.25, 0.3) is 0 Å². The van der Waals surface area contributed by atoms with Gasteiger partial charge in [0.25, 0.3) is 5.91 Å². The molecule has 3 rings (SSSR count). The summed E-state index contributed by atoms with van der Waals surface area (Å²) in [5.74, 6) is 1.10. The summed E-state index contributed by atoms with van der Waals surface area (Å²) in [5, 5.41) is 0. The third-order valence-corrected chi connectivity index (χ3v) is 4.90. The first-order valence-corrected chi connectivity index (χ1v) is 8.19. The maximum Gasteiger partial charge on any atom is 0.258 e. The minimum Gasteiger partial charge on any atom is -0.495 e. The Morgan fingerprint density at radius 3 is 2.39 bits per heavy atom. The first-order valence-electron chi connectivity index (χ1n) is 7.39. The number of ether oxygens (including phenoxy) is 2. The van der Waals surface area contributed by atoms with Crippen molar-refractivity contribution in [1.82, 2.24) is 0 Å². The second-order valence-electron chi connectivity index (χ2n) is 5.55. The Bertz CT molecular complexity index is 735. The van der Waals surface area contributed by atoms with Crippen LogP contribution in [0.5, 0.6) is 11.5 Å². The van der Waals surface area contributed by atoms with E-state index in [2.05, 4.69) is 28.9 Å². The molecule has 1 atom stereocenters. The van der Waals surface area contributed by atoms with Crippen LogP contribution in [0.3, 0.4) is 0 Å². The minimum atomic E-state index is -0.0495. The minimum absolute atomic E-state index is 0.0495. The highest BCUT2D eigenvalue weighted by Gasteiger charge is 2.32. The summed E-state index contributed by atoms with van der Waals surface area (Å²) >= 11 is 3.43. The number of para-hydroxylation sites is 1. The molecule has 0 N–H and O–H groups in total. The fraction of sp³-hybridized carbons (Fsp3) is 0.278. The zero-order valence-corrected chi connectivity index (χ0v) is 14.9. The van der Waals surface area contributed by atoms with Gasteiger partial charge < -0.3 is 14.4 Å². The van der Waals surface area contributed by atoms with Crippen molar-refractivity contribution in [3.63, 3.8) is 0 Å². The number of hydrogen-bond donors (Lipinski definition) is 0. The van der Waals surface area contributed by atoms with Crippen LogP contribution in [0.15, 0.2) is 40.9 Å². The predicted octanol–water partition coefficient (Wildman–Crippen LogP) is 4.06. The molecule has 23 heavy (non-hydrogen) atoms. The molecule has 5 heteroatoms. The molecule has 1 aliphatic heterocycles. The molecule has 1 aliphatic rings. The van der Waals surface area contributed by atoms with Gasteiger partial charge in [-0.1, -0.05) is 18.2 Å². The van der Waals surface area contributed by atoms with E-state index in [1.165, 1.54) is 5.56 Å². The largest absolute Gasteiger partial charge is 0.495 e. The molecule has 0 spiro atoms. The zero-order chi connectivity index (χ0) is 16.6. The van der Waals surface area contributed by atoms with E-state index in [1.54, 1.807) is 26.4 Å². The highest BCUT2D eigenvalue weighted by atomic mass is 79.9. The number of fused-ring (bicyclic) bond motifs is 1. The standard InChI is InChI=1S/C18H18BrNO3/c1-11-8-12-6-4-5-7-14(12)20(11)18(21)13-9-15(22-2)17(19)16(10-13)23-3/h4-7,9-11H,8H2,1-3H3/t11-/m0/s1. The zero-order valence-electron chi connectivity index (χ0n) is 13.3. The summed E-state index contributed by atoms with van der Waals surface area (Å²) in [6.07, 6.45) is 0.868. The van der Waals surface area contributed by atoms with Crippen LogP contribution in [-0.4, -0.2) is 26.2 Å². The molecule has 0 unspecified atom stereocenters. The quantitative estimate of drug-likeness (QED) is 0.811. The number of halogens is 1. The molecule has 2 aromatic rings. The third-order valence-electron chi connectivity index (χ3n) is 4.12. The number of methoxy groups -OCH3 is 2. The van der Waals surface area contributed by atoms with Crippen LogP contribution in [-0.2, 0) is 6.42 Å². The summed E-state index contributed by atoms with van der Waals surface area (Å²) in [5.41, 5.74) is 2.72. The van der Waals surface area contributed by atoms with Gasteiger partial charge >= 0.3 is 0 Å². The van der Waals surface area contributed by atoms with Gasteiger partial charge in [-0.25, -0.2) is 0 Å². The van der Waals surface area contributed by atoms with E-state index in [0.717, 1.165) is 12.1 Å². The lowest BCUT2D eigenvalue weighted by Gasteiger charge is -2.23. The first kappa shape index (κ1) is 15.9. The fourth-order valence-corrected chi connectivity index (χ4v) is 3.56. The SMILES string of the molecule is COc1cc(C(=O)N2c3ccccc3C[C@@H]2C)cc(OC)c1Br. The van der Waals surface area contributed by atoms with Crippen LogP contribution in [0.1, 0.15) is 22.8 Å². The monoisotopic (exact) mass is 375 g/mol. The number of nitrogens with zero attached hydrogens (tertiary/aromatic N) is 1. The lowest BCUT2D eigenvalue weighted by Crippen LogP contribution is -2.35. The van der Waals surface area contributed by atoms with Crippen LogP contribution in [0.2, 0.25) is 0 Å². The Morgan fingerprint density at radius 2 is 1.78 bits per heavy atom. The molecule has 1 amide bonds. The molecule has 0 aliphatic carbocycles. The van der Waals surface area contributed by atoms with Crippen LogP contribution in [0, 0.1) is 0 Å².